The number of aliphatic hydroxyl groups is 2. The van der Waals surface area contributed by atoms with Gasteiger partial charge in [0, 0.05) is 11.1 Å². The van der Waals surface area contributed by atoms with Crippen molar-refractivity contribution in [2.24, 2.45) is 0 Å². The maximum absolute atomic E-state index is 13.0. The lowest BCUT2D eigenvalue weighted by atomic mass is 9.87. The Kier molecular flexibility index (Phi) is 4.14. The normalized spacial score (nSPS) is 10.8. The van der Waals surface area contributed by atoms with Crippen LogP contribution in [0.5, 0.6) is 0 Å². The van der Waals surface area contributed by atoms with Crippen LogP contribution in [0.1, 0.15) is 11.1 Å². The summed E-state index contributed by atoms with van der Waals surface area (Å²) in [6.45, 7) is -0.426. The molecule has 20 heavy (non-hydrogen) atoms. The van der Waals surface area contributed by atoms with E-state index in [1.165, 1.54) is 48.5 Å². The average Bonchev–Trinajstić information content (AvgIpc) is 2.46. The van der Waals surface area contributed by atoms with Gasteiger partial charge in [-0.25, -0.2) is 8.78 Å². The molecule has 0 aromatic heterocycles. The van der Waals surface area contributed by atoms with E-state index in [1.54, 1.807) is 0 Å². The van der Waals surface area contributed by atoms with Crippen LogP contribution < -0.4 is 0 Å². The number of hydrogen-bond donors (Lipinski definition) is 2. The molecular weight excluding hydrogens is 262 g/mol. The second-order valence-electron chi connectivity index (χ2n) is 4.18. The molecular formula is C16H12F2O2. The molecule has 0 bridgehead atoms. The highest BCUT2D eigenvalue weighted by Gasteiger charge is 2.29. The van der Waals surface area contributed by atoms with Crippen molar-refractivity contribution in [1.82, 2.24) is 0 Å². The largest absolute Gasteiger partial charge is 0.384 e. The molecule has 4 heteroatoms. The summed E-state index contributed by atoms with van der Waals surface area (Å²) in [7, 11) is 0. The van der Waals surface area contributed by atoms with Gasteiger partial charge in [-0.3, -0.25) is 0 Å². The molecule has 0 heterocycles. The molecule has 2 aromatic carbocycles. The maximum Gasteiger partial charge on any atom is 0.176 e. The zero-order valence-electron chi connectivity index (χ0n) is 10.5. The predicted octanol–water partition coefficient (Wildman–Crippen LogP) is 2.20. The van der Waals surface area contributed by atoms with Crippen molar-refractivity contribution in [3.8, 4) is 11.8 Å². The van der Waals surface area contributed by atoms with E-state index < -0.39 is 23.8 Å². The smallest absolute Gasteiger partial charge is 0.176 e. The summed E-state index contributed by atoms with van der Waals surface area (Å²) in [5, 5.41) is 19.5. The lowest BCUT2D eigenvalue weighted by Gasteiger charge is -2.23. The van der Waals surface area contributed by atoms with Crippen molar-refractivity contribution in [2.75, 3.05) is 6.61 Å². The summed E-state index contributed by atoms with van der Waals surface area (Å²) in [6, 6.07) is 10.4. The van der Waals surface area contributed by atoms with Gasteiger partial charge >= 0.3 is 0 Å². The Morgan fingerprint density at radius 3 is 1.60 bits per heavy atom. The Balaban J connectivity index is 2.55. The van der Waals surface area contributed by atoms with Gasteiger partial charge < -0.3 is 10.2 Å². The van der Waals surface area contributed by atoms with Crippen molar-refractivity contribution < 1.29 is 19.0 Å². The molecule has 0 saturated carbocycles. The Labute approximate surface area is 115 Å². The highest BCUT2D eigenvalue weighted by atomic mass is 19.1. The first-order chi connectivity index (χ1) is 9.56. The van der Waals surface area contributed by atoms with Crippen molar-refractivity contribution in [1.29, 1.82) is 0 Å². The minimum absolute atomic E-state index is 0.339. The fourth-order valence-corrected chi connectivity index (χ4v) is 1.86. The topological polar surface area (TPSA) is 40.5 Å². The van der Waals surface area contributed by atoms with E-state index in [0.717, 1.165) is 0 Å². The molecule has 2 aromatic rings. The Morgan fingerprint density at radius 2 is 1.25 bits per heavy atom. The number of aliphatic hydroxyl groups excluding tert-OH is 1. The van der Waals surface area contributed by atoms with Gasteiger partial charge in [-0.05, 0) is 24.3 Å². The third kappa shape index (κ3) is 2.85. The fraction of sp³-hybridized carbons (Fsp3) is 0.125. The number of halogens is 2. The Hall–Kier alpha value is -2.22. The lowest BCUT2D eigenvalue weighted by molar-refractivity contribution is 0.144. The van der Waals surface area contributed by atoms with E-state index in [9.17, 15) is 13.9 Å². The van der Waals surface area contributed by atoms with Crippen LogP contribution in [-0.2, 0) is 5.60 Å². The van der Waals surface area contributed by atoms with Crippen LogP contribution in [0, 0.1) is 23.5 Å². The lowest BCUT2D eigenvalue weighted by Crippen LogP contribution is -2.25. The third-order valence-corrected chi connectivity index (χ3v) is 2.87. The second-order valence-corrected chi connectivity index (χ2v) is 4.18. The monoisotopic (exact) mass is 274 g/mol. The van der Waals surface area contributed by atoms with E-state index in [2.05, 4.69) is 11.8 Å². The first kappa shape index (κ1) is 14.2. The van der Waals surface area contributed by atoms with Gasteiger partial charge in [0.2, 0.25) is 0 Å². The second kappa shape index (κ2) is 5.83. The molecule has 0 amide bonds. The van der Waals surface area contributed by atoms with Crippen LogP contribution in [0.3, 0.4) is 0 Å². The average molecular weight is 274 g/mol. The molecule has 0 spiro atoms. The molecule has 2 rings (SSSR count). The quantitative estimate of drug-likeness (QED) is 0.824. The summed E-state index contributed by atoms with van der Waals surface area (Å²) in [4.78, 5) is 0. The summed E-state index contributed by atoms with van der Waals surface area (Å²) in [5.74, 6) is 4.03. The fourth-order valence-electron chi connectivity index (χ4n) is 1.86. The Bertz CT molecular complexity index is 591. The predicted molar refractivity (Wildman–Crippen MR) is 70.7 cm³/mol. The first-order valence-corrected chi connectivity index (χ1v) is 5.91. The van der Waals surface area contributed by atoms with Crippen LogP contribution in [0.15, 0.2) is 48.5 Å². The van der Waals surface area contributed by atoms with Gasteiger partial charge in [0.05, 0.1) is 0 Å². The van der Waals surface area contributed by atoms with Gasteiger partial charge in [0.1, 0.15) is 18.2 Å². The summed E-state index contributed by atoms with van der Waals surface area (Å²) in [5.41, 5.74) is -1.05. The van der Waals surface area contributed by atoms with Gasteiger partial charge in [-0.2, -0.15) is 0 Å². The molecule has 2 nitrogen and oxygen atoms in total. The molecule has 0 unspecified atom stereocenters. The first-order valence-electron chi connectivity index (χ1n) is 5.91. The third-order valence-electron chi connectivity index (χ3n) is 2.87. The van der Waals surface area contributed by atoms with Crippen molar-refractivity contribution >= 4 is 0 Å². The summed E-state index contributed by atoms with van der Waals surface area (Å²) >= 11 is 0. The number of hydrogen-bond acceptors (Lipinski definition) is 2. The summed E-state index contributed by atoms with van der Waals surface area (Å²) < 4.78 is 25.9. The minimum Gasteiger partial charge on any atom is -0.384 e. The molecule has 0 atom stereocenters. The van der Waals surface area contributed by atoms with Crippen molar-refractivity contribution in [3.05, 3.63) is 71.3 Å². The van der Waals surface area contributed by atoms with E-state index in [1.807, 2.05) is 0 Å². The Morgan fingerprint density at radius 1 is 0.850 bits per heavy atom. The minimum atomic E-state index is -1.73. The molecule has 2 N–H and O–H groups in total. The van der Waals surface area contributed by atoms with Crippen LogP contribution in [0.2, 0.25) is 0 Å². The van der Waals surface area contributed by atoms with Gasteiger partial charge in [0.15, 0.2) is 5.60 Å². The number of benzene rings is 2. The van der Waals surface area contributed by atoms with Crippen LogP contribution in [0.4, 0.5) is 8.78 Å². The SMILES string of the molecule is OCC#CC(O)(c1ccc(F)cc1)c1ccc(F)cc1. The van der Waals surface area contributed by atoms with Gasteiger partial charge in [0.25, 0.3) is 0 Å². The van der Waals surface area contributed by atoms with E-state index >= 15 is 0 Å². The zero-order chi connectivity index (χ0) is 14.6. The van der Waals surface area contributed by atoms with Crippen molar-refractivity contribution in [3.63, 3.8) is 0 Å². The highest BCUT2D eigenvalue weighted by Crippen LogP contribution is 2.29. The van der Waals surface area contributed by atoms with Gasteiger partial charge in [-0.1, -0.05) is 36.1 Å². The molecule has 0 saturated heterocycles. The maximum atomic E-state index is 13.0. The molecule has 102 valence electrons. The van der Waals surface area contributed by atoms with E-state index in [0.29, 0.717) is 11.1 Å². The van der Waals surface area contributed by atoms with E-state index in [4.69, 9.17) is 5.11 Å². The zero-order valence-corrected chi connectivity index (χ0v) is 10.5. The van der Waals surface area contributed by atoms with E-state index in [-0.39, 0.29) is 0 Å². The summed E-state index contributed by atoms with van der Waals surface area (Å²) in [6.07, 6.45) is 0. The van der Waals surface area contributed by atoms with Crippen molar-refractivity contribution in [2.45, 2.75) is 5.60 Å². The molecule has 0 radical (unpaired) electrons. The van der Waals surface area contributed by atoms with Crippen LogP contribution in [-0.4, -0.2) is 16.8 Å². The molecule has 0 aliphatic carbocycles. The van der Waals surface area contributed by atoms with Gasteiger partial charge in [-0.15, -0.1) is 0 Å². The highest BCUT2D eigenvalue weighted by molar-refractivity contribution is 5.44. The van der Waals surface area contributed by atoms with Crippen LogP contribution >= 0.6 is 0 Å². The molecule has 0 fully saturated rings. The number of rotatable bonds is 2. The standard InChI is InChI=1S/C16H12F2O2/c17-14-6-2-12(3-7-14)16(20,10-1-11-19)13-4-8-15(18)9-5-13/h2-9,19-20H,11H2. The molecule has 0 aliphatic rings. The van der Waals surface area contributed by atoms with Crippen LogP contribution in [0.25, 0.3) is 0 Å². The molecule has 0 aliphatic heterocycles.